The van der Waals surface area contributed by atoms with Gasteiger partial charge in [0.2, 0.25) is 0 Å². The van der Waals surface area contributed by atoms with E-state index in [1.807, 2.05) is 0 Å². The fourth-order valence-electron chi connectivity index (χ4n) is 0.828. The van der Waals surface area contributed by atoms with Gasteiger partial charge >= 0.3 is 6.08 Å². The highest BCUT2D eigenvalue weighted by molar-refractivity contribution is 5.80. The predicted octanol–water partition coefficient (Wildman–Crippen LogP) is 3.88. The highest BCUT2D eigenvalue weighted by Gasteiger charge is 2.04. The van der Waals surface area contributed by atoms with Gasteiger partial charge in [0, 0.05) is 0 Å². The molecule has 20 heavy (non-hydrogen) atoms. The molecule has 0 spiro atoms. The second-order valence-electron chi connectivity index (χ2n) is 3.69. The number of H-pyrrole nitrogens is 1. The third-order valence-electron chi connectivity index (χ3n) is 1.79. The quantitative estimate of drug-likeness (QED) is 0.781. The van der Waals surface area contributed by atoms with Crippen molar-refractivity contribution in [2.75, 3.05) is 12.9 Å². The Bertz CT molecular complexity index is 443. The fraction of sp³-hybridized carbons (Fsp3) is 0.615. The zero-order chi connectivity index (χ0) is 16.0. The van der Waals surface area contributed by atoms with Crippen molar-refractivity contribution in [1.29, 1.82) is 0 Å². The molecule has 0 unspecified atom stereocenters. The second-order valence-corrected chi connectivity index (χ2v) is 3.69. The van der Waals surface area contributed by atoms with Crippen LogP contribution in [0.1, 0.15) is 47.0 Å². The van der Waals surface area contributed by atoms with Crippen molar-refractivity contribution in [3.05, 3.63) is 12.4 Å². The highest BCUT2D eigenvalue weighted by Crippen LogP contribution is 2.11. The van der Waals surface area contributed by atoms with Gasteiger partial charge in [0.1, 0.15) is 5.52 Å². The molecule has 0 amide bonds. The molecule has 116 valence electrons. The Morgan fingerprint density at radius 2 is 1.60 bits per heavy atom. The number of nitrogens with two attached hydrogens (primary N) is 1. The summed E-state index contributed by atoms with van der Waals surface area (Å²) >= 11 is 0. The topological polar surface area (TPSA) is 80.5 Å². The molecule has 3 N–H and O–H groups in total. The van der Waals surface area contributed by atoms with Gasteiger partial charge in [0.15, 0.2) is 11.5 Å². The molecular weight excluding hydrogens is 264 g/mol. The molecular formula is C13H25F2N5. The van der Waals surface area contributed by atoms with E-state index in [0.717, 1.165) is 0 Å². The number of halogens is 2. The van der Waals surface area contributed by atoms with Crippen LogP contribution in [0, 0.1) is 6.08 Å². The lowest BCUT2D eigenvalue weighted by Crippen LogP contribution is -1.97. The molecule has 2 aromatic rings. The molecule has 0 radical (unpaired) electrons. The van der Waals surface area contributed by atoms with Crippen molar-refractivity contribution < 1.29 is 8.78 Å². The maximum absolute atomic E-state index is 12.4. The summed E-state index contributed by atoms with van der Waals surface area (Å²) in [7, 11) is 0.500. The normalized spacial score (nSPS) is 8.55. The number of aromatic nitrogens is 4. The smallest absolute Gasteiger partial charge is 0.312 e. The summed E-state index contributed by atoms with van der Waals surface area (Å²) in [5, 5.41) is 0. The standard InChI is InChI=1S/C5H4FN5.C4H10.C3H8.CH3F/c6-5-10-3(7)2-4(11-5)9-1-8-2;1-3-4-2;1-3-2;1-2/h1H,(H3,7,8,9,10,11);3-4H2,1-2H3;3H2,1-2H3;1H3. The van der Waals surface area contributed by atoms with Gasteiger partial charge in [-0.2, -0.15) is 14.4 Å². The Morgan fingerprint density at radius 3 is 2.05 bits per heavy atom. The summed E-state index contributed by atoms with van der Waals surface area (Å²) < 4.78 is 21.9. The van der Waals surface area contributed by atoms with Crippen LogP contribution in [0.4, 0.5) is 14.6 Å². The van der Waals surface area contributed by atoms with Crippen molar-refractivity contribution in [2.45, 2.75) is 47.0 Å². The first-order valence-corrected chi connectivity index (χ1v) is 6.60. The van der Waals surface area contributed by atoms with Crippen LogP contribution in [-0.2, 0) is 0 Å². The van der Waals surface area contributed by atoms with E-state index < -0.39 is 6.08 Å². The summed E-state index contributed by atoms with van der Waals surface area (Å²) in [5.41, 5.74) is 6.05. The van der Waals surface area contributed by atoms with Gasteiger partial charge < -0.3 is 10.7 Å². The monoisotopic (exact) mass is 289 g/mol. The van der Waals surface area contributed by atoms with E-state index in [2.05, 4.69) is 47.6 Å². The summed E-state index contributed by atoms with van der Waals surface area (Å²) in [6, 6.07) is 0. The number of imidazole rings is 1. The Labute approximate surface area is 119 Å². The minimum atomic E-state index is -0.859. The van der Waals surface area contributed by atoms with E-state index in [9.17, 15) is 8.78 Å². The number of unbranched alkanes of at least 4 members (excludes halogenated alkanes) is 1. The zero-order valence-corrected chi connectivity index (χ0v) is 12.9. The van der Waals surface area contributed by atoms with E-state index in [-0.39, 0.29) is 11.5 Å². The zero-order valence-electron chi connectivity index (χ0n) is 12.9. The molecule has 0 saturated carbocycles. The average molecular weight is 289 g/mol. The first-order chi connectivity index (χ1) is 9.60. The number of hydrogen-bond donors (Lipinski definition) is 2. The molecule has 0 atom stereocenters. The minimum Gasteiger partial charge on any atom is -0.382 e. The molecule has 0 aliphatic heterocycles. The lowest BCUT2D eigenvalue weighted by molar-refractivity contribution is 0.546. The van der Waals surface area contributed by atoms with Crippen LogP contribution in [0.5, 0.6) is 0 Å². The van der Waals surface area contributed by atoms with Crippen LogP contribution in [0.3, 0.4) is 0 Å². The van der Waals surface area contributed by atoms with Crippen molar-refractivity contribution >= 4 is 17.0 Å². The number of nitrogen functional groups attached to an aromatic ring is 1. The summed E-state index contributed by atoms with van der Waals surface area (Å²) in [6.45, 7) is 8.61. The molecule has 2 heterocycles. The Morgan fingerprint density at radius 1 is 1.10 bits per heavy atom. The highest BCUT2D eigenvalue weighted by atomic mass is 19.1. The van der Waals surface area contributed by atoms with Crippen LogP contribution in [-0.4, -0.2) is 27.1 Å². The molecule has 2 aromatic heterocycles. The van der Waals surface area contributed by atoms with Crippen molar-refractivity contribution in [3.63, 3.8) is 0 Å². The average Bonchev–Trinajstić information content (AvgIpc) is 2.91. The maximum Gasteiger partial charge on any atom is 0.312 e. The summed E-state index contributed by atoms with van der Waals surface area (Å²) in [4.78, 5) is 13.1. The predicted molar refractivity (Wildman–Crippen MR) is 79.6 cm³/mol. The van der Waals surface area contributed by atoms with Gasteiger partial charge in [0.05, 0.1) is 13.5 Å². The number of rotatable bonds is 1. The Hall–Kier alpha value is -1.79. The van der Waals surface area contributed by atoms with Gasteiger partial charge in [-0.15, -0.1) is 0 Å². The number of nitrogens with zero attached hydrogens (tertiary/aromatic N) is 3. The molecule has 0 aromatic carbocycles. The molecule has 7 heteroatoms. The van der Waals surface area contributed by atoms with Crippen molar-refractivity contribution in [2.24, 2.45) is 0 Å². The molecule has 0 aliphatic carbocycles. The number of fused-ring (bicyclic) bond motifs is 1. The number of alkyl halides is 1. The first-order valence-electron chi connectivity index (χ1n) is 6.60. The second kappa shape index (κ2) is 13.6. The number of aromatic amines is 1. The van der Waals surface area contributed by atoms with Gasteiger partial charge in [-0.1, -0.05) is 47.0 Å². The molecule has 0 saturated heterocycles. The van der Waals surface area contributed by atoms with E-state index >= 15 is 0 Å². The molecule has 5 nitrogen and oxygen atoms in total. The third kappa shape index (κ3) is 8.34. The van der Waals surface area contributed by atoms with Crippen LogP contribution in [0.25, 0.3) is 11.2 Å². The van der Waals surface area contributed by atoms with Crippen LogP contribution < -0.4 is 5.73 Å². The van der Waals surface area contributed by atoms with Gasteiger partial charge in [-0.3, -0.25) is 4.39 Å². The molecule has 0 bridgehead atoms. The van der Waals surface area contributed by atoms with Gasteiger partial charge in [-0.05, 0) is 0 Å². The minimum absolute atomic E-state index is 0.0741. The van der Waals surface area contributed by atoms with E-state index in [0.29, 0.717) is 12.7 Å². The Kier molecular flexibility index (Phi) is 14.0. The van der Waals surface area contributed by atoms with Crippen LogP contribution >= 0.6 is 0 Å². The lowest BCUT2D eigenvalue weighted by atomic mass is 10.4. The number of nitrogens with one attached hydrogen (secondary N) is 1. The lowest BCUT2D eigenvalue weighted by Gasteiger charge is -1.91. The molecule has 2 rings (SSSR count). The maximum atomic E-state index is 12.4. The summed E-state index contributed by atoms with van der Waals surface area (Å²) in [6.07, 6.45) is 4.41. The van der Waals surface area contributed by atoms with Crippen LogP contribution in [0.15, 0.2) is 6.33 Å². The number of hydrogen-bond acceptors (Lipinski definition) is 4. The van der Waals surface area contributed by atoms with E-state index in [4.69, 9.17) is 5.73 Å². The van der Waals surface area contributed by atoms with Gasteiger partial charge in [-0.25, -0.2) is 4.98 Å². The Balaban J connectivity index is 0. The third-order valence-corrected chi connectivity index (χ3v) is 1.79. The number of anilines is 1. The van der Waals surface area contributed by atoms with E-state index in [1.165, 1.54) is 25.6 Å². The first kappa shape index (κ1) is 20.5. The van der Waals surface area contributed by atoms with Gasteiger partial charge in [0.25, 0.3) is 0 Å². The SMILES string of the molecule is CCC.CCCC.CF.Nc1nc(F)nc2nc[nH]c12. The molecule has 0 fully saturated rings. The van der Waals surface area contributed by atoms with Crippen molar-refractivity contribution in [3.8, 4) is 0 Å². The largest absolute Gasteiger partial charge is 0.382 e. The van der Waals surface area contributed by atoms with Crippen LogP contribution in [0.2, 0.25) is 0 Å². The molecule has 0 aliphatic rings. The van der Waals surface area contributed by atoms with Crippen molar-refractivity contribution in [1.82, 2.24) is 19.9 Å². The summed E-state index contributed by atoms with van der Waals surface area (Å²) in [5.74, 6) is 0.0741. The van der Waals surface area contributed by atoms with E-state index in [1.54, 1.807) is 0 Å². The fourth-order valence-corrected chi connectivity index (χ4v) is 0.828.